The molecule has 2 heterocycles. The second kappa shape index (κ2) is 5.93. The van der Waals surface area contributed by atoms with Crippen LogP contribution in [0.4, 0.5) is 5.82 Å². The maximum Gasteiger partial charge on any atom is 0.219 e. The van der Waals surface area contributed by atoms with Crippen molar-refractivity contribution in [1.82, 2.24) is 9.97 Å². The number of rotatable bonds is 3. The van der Waals surface area contributed by atoms with Gasteiger partial charge in [-0.15, -0.1) is 5.92 Å². The van der Waals surface area contributed by atoms with Gasteiger partial charge >= 0.3 is 0 Å². The average molecular weight is 287 g/mol. The van der Waals surface area contributed by atoms with Crippen molar-refractivity contribution in [3.63, 3.8) is 0 Å². The minimum absolute atomic E-state index is 0.279. The molecule has 21 heavy (non-hydrogen) atoms. The molecule has 0 saturated carbocycles. The van der Waals surface area contributed by atoms with E-state index in [0.717, 1.165) is 18.9 Å². The number of hydrogen-bond donors (Lipinski definition) is 0. The molecule has 4 nitrogen and oxygen atoms in total. The van der Waals surface area contributed by atoms with E-state index in [-0.39, 0.29) is 10.8 Å². The van der Waals surface area contributed by atoms with Gasteiger partial charge in [0.05, 0.1) is 0 Å². The van der Waals surface area contributed by atoms with Crippen LogP contribution in [0.3, 0.4) is 0 Å². The Balaban J connectivity index is 2.16. The Hall–Kier alpha value is -1.76. The molecule has 0 aliphatic carbocycles. The topological polar surface area (TPSA) is 38.2 Å². The number of nitrogens with zero attached hydrogens (tertiary/aromatic N) is 3. The molecule has 1 fully saturated rings. The zero-order chi connectivity index (χ0) is 15.5. The zero-order valence-corrected chi connectivity index (χ0v) is 13.7. The quantitative estimate of drug-likeness (QED) is 0.801. The minimum atomic E-state index is 0.279. The average Bonchev–Trinajstić information content (AvgIpc) is 2.36. The molecule has 2 rings (SSSR count). The highest BCUT2D eigenvalue weighted by Gasteiger charge is 2.37. The van der Waals surface area contributed by atoms with E-state index in [2.05, 4.69) is 54.4 Å². The van der Waals surface area contributed by atoms with Gasteiger partial charge in [-0.2, -0.15) is 0 Å². The van der Waals surface area contributed by atoms with E-state index < -0.39 is 0 Å². The van der Waals surface area contributed by atoms with E-state index in [4.69, 9.17) is 4.74 Å². The van der Waals surface area contributed by atoms with E-state index in [1.165, 1.54) is 6.42 Å². The highest BCUT2D eigenvalue weighted by molar-refractivity contribution is 5.42. The molecule has 0 bridgehead atoms. The van der Waals surface area contributed by atoms with Crippen LogP contribution in [0.1, 0.15) is 41.0 Å². The van der Waals surface area contributed by atoms with Crippen LogP contribution < -0.4 is 9.64 Å². The van der Waals surface area contributed by atoms with E-state index in [0.29, 0.717) is 12.5 Å². The van der Waals surface area contributed by atoms with Gasteiger partial charge in [-0.25, -0.2) is 9.97 Å². The van der Waals surface area contributed by atoms with Gasteiger partial charge in [-0.05, 0) is 24.2 Å². The first-order chi connectivity index (χ1) is 9.81. The lowest BCUT2D eigenvalue weighted by Crippen LogP contribution is -2.48. The highest BCUT2D eigenvalue weighted by Crippen LogP contribution is 2.41. The smallest absolute Gasteiger partial charge is 0.219 e. The Morgan fingerprint density at radius 2 is 1.86 bits per heavy atom. The van der Waals surface area contributed by atoms with Gasteiger partial charge in [0.25, 0.3) is 0 Å². The van der Waals surface area contributed by atoms with Crippen molar-refractivity contribution in [3.8, 4) is 17.7 Å². The Morgan fingerprint density at radius 1 is 1.19 bits per heavy atom. The summed E-state index contributed by atoms with van der Waals surface area (Å²) in [4.78, 5) is 10.9. The van der Waals surface area contributed by atoms with E-state index >= 15 is 0 Å². The molecule has 0 N–H and O–H groups in total. The first-order valence-corrected chi connectivity index (χ1v) is 7.41. The lowest BCUT2D eigenvalue weighted by molar-refractivity contribution is 0.158. The third kappa shape index (κ3) is 4.35. The fourth-order valence-corrected chi connectivity index (χ4v) is 3.42. The standard InChI is InChI=1S/C17H25N3O/c1-6-7-8-21-15-9-14(18-13-19-15)20-11-16(2,3)10-17(4,5)12-20/h9,13H,8,10-12H2,1-5H3. The molecule has 114 valence electrons. The molecule has 1 saturated heterocycles. The number of piperidine rings is 1. The molecule has 0 spiro atoms. The summed E-state index contributed by atoms with van der Waals surface area (Å²) >= 11 is 0. The van der Waals surface area contributed by atoms with E-state index in [9.17, 15) is 0 Å². The summed E-state index contributed by atoms with van der Waals surface area (Å²) in [6.45, 7) is 13.4. The summed E-state index contributed by atoms with van der Waals surface area (Å²) in [5.41, 5.74) is 0.558. The molecule has 1 aliphatic heterocycles. The summed E-state index contributed by atoms with van der Waals surface area (Å²) in [6.07, 6.45) is 2.79. The lowest BCUT2D eigenvalue weighted by Gasteiger charge is -2.47. The number of aromatic nitrogens is 2. The van der Waals surface area contributed by atoms with Crippen molar-refractivity contribution in [2.45, 2.75) is 41.0 Å². The lowest BCUT2D eigenvalue weighted by atomic mass is 9.71. The maximum absolute atomic E-state index is 5.53. The zero-order valence-electron chi connectivity index (χ0n) is 13.7. The Kier molecular flexibility index (Phi) is 4.41. The van der Waals surface area contributed by atoms with Gasteiger partial charge < -0.3 is 9.64 Å². The fraction of sp³-hybridized carbons (Fsp3) is 0.647. The van der Waals surface area contributed by atoms with Crippen LogP contribution >= 0.6 is 0 Å². The van der Waals surface area contributed by atoms with E-state index in [1.54, 1.807) is 13.3 Å². The van der Waals surface area contributed by atoms with Crippen molar-refractivity contribution < 1.29 is 4.74 Å². The highest BCUT2D eigenvalue weighted by atomic mass is 16.5. The third-order valence-electron chi connectivity index (χ3n) is 3.62. The fourth-order valence-electron chi connectivity index (χ4n) is 3.42. The second-order valence-corrected chi connectivity index (χ2v) is 7.29. The van der Waals surface area contributed by atoms with Crippen LogP contribution in [0, 0.1) is 22.7 Å². The first-order valence-electron chi connectivity index (χ1n) is 7.41. The number of anilines is 1. The van der Waals surface area contributed by atoms with E-state index in [1.807, 2.05) is 6.07 Å². The Bertz CT molecular complexity index is 539. The van der Waals surface area contributed by atoms with Gasteiger partial charge in [0.2, 0.25) is 5.88 Å². The Morgan fingerprint density at radius 3 is 2.48 bits per heavy atom. The summed E-state index contributed by atoms with van der Waals surface area (Å²) in [5, 5.41) is 0. The van der Waals surface area contributed by atoms with Crippen molar-refractivity contribution in [1.29, 1.82) is 0 Å². The summed E-state index contributed by atoms with van der Waals surface area (Å²) < 4.78 is 5.53. The SMILES string of the molecule is CC#CCOc1cc(N2CC(C)(C)CC(C)(C)C2)ncn1. The molecular weight excluding hydrogens is 262 g/mol. The monoisotopic (exact) mass is 287 g/mol. The van der Waals surface area contributed by atoms with Crippen molar-refractivity contribution in [2.24, 2.45) is 10.8 Å². The molecular formula is C17H25N3O. The first kappa shape index (κ1) is 15.6. The molecule has 0 radical (unpaired) electrons. The summed E-state index contributed by atoms with van der Waals surface area (Å²) in [6, 6.07) is 1.91. The predicted octanol–water partition coefficient (Wildman–Crippen LogP) is 3.14. The maximum atomic E-state index is 5.53. The number of hydrogen-bond acceptors (Lipinski definition) is 4. The molecule has 1 aromatic rings. The van der Waals surface area contributed by atoms with Gasteiger partial charge in [0.15, 0.2) is 6.61 Å². The molecule has 0 atom stereocenters. The van der Waals surface area contributed by atoms with Crippen LogP contribution in [-0.2, 0) is 0 Å². The normalized spacial score (nSPS) is 19.6. The van der Waals surface area contributed by atoms with Gasteiger partial charge in [0.1, 0.15) is 12.1 Å². The van der Waals surface area contributed by atoms with Gasteiger partial charge in [0, 0.05) is 19.2 Å². The molecule has 1 aromatic heterocycles. The minimum Gasteiger partial charge on any atom is -0.464 e. The van der Waals surface area contributed by atoms with Crippen LogP contribution in [-0.4, -0.2) is 29.7 Å². The second-order valence-electron chi connectivity index (χ2n) is 7.29. The number of ether oxygens (including phenoxy) is 1. The third-order valence-corrected chi connectivity index (χ3v) is 3.62. The van der Waals surface area contributed by atoms with Crippen LogP contribution in [0.2, 0.25) is 0 Å². The van der Waals surface area contributed by atoms with Crippen molar-refractivity contribution >= 4 is 5.82 Å². The van der Waals surface area contributed by atoms with Crippen LogP contribution in [0.5, 0.6) is 5.88 Å². The molecule has 1 aliphatic rings. The van der Waals surface area contributed by atoms with Crippen molar-refractivity contribution in [2.75, 3.05) is 24.6 Å². The summed E-state index contributed by atoms with van der Waals surface area (Å²) in [5.74, 6) is 7.21. The van der Waals surface area contributed by atoms with Gasteiger partial charge in [-0.3, -0.25) is 0 Å². The molecule has 0 aromatic carbocycles. The molecule has 4 heteroatoms. The van der Waals surface area contributed by atoms with Crippen molar-refractivity contribution in [3.05, 3.63) is 12.4 Å². The van der Waals surface area contributed by atoms with Gasteiger partial charge in [-0.1, -0.05) is 33.6 Å². The molecule has 0 amide bonds. The van der Waals surface area contributed by atoms with Crippen LogP contribution in [0.25, 0.3) is 0 Å². The predicted molar refractivity (Wildman–Crippen MR) is 85.4 cm³/mol. The Labute approximate surface area is 127 Å². The summed E-state index contributed by atoms with van der Waals surface area (Å²) in [7, 11) is 0. The molecule has 0 unspecified atom stereocenters. The largest absolute Gasteiger partial charge is 0.464 e. The van der Waals surface area contributed by atoms with Crippen LogP contribution in [0.15, 0.2) is 12.4 Å².